The summed E-state index contributed by atoms with van der Waals surface area (Å²) in [5.41, 5.74) is 0.767. The summed E-state index contributed by atoms with van der Waals surface area (Å²) in [6, 6.07) is 6.37. The molecular weight excluding hydrogens is 360 g/mol. The molecule has 3 rings (SSSR count). The maximum absolute atomic E-state index is 12.7. The van der Waals surface area contributed by atoms with Crippen LogP contribution < -0.4 is 15.0 Å². The van der Waals surface area contributed by atoms with Crippen molar-refractivity contribution >= 4 is 24.1 Å². The van der Waals surface area contributed by atoms with Crippen LogP contribution in [0.2, 0.25) is 0 Å². The molecule has 0 bridgehead atoms. The van der Waals surface area contributed by atoms with E-state index in [0.717, 1.165) is 30.1 Å². The number of carbonyl (C=O) groups is 3. The minimum absolute atomic E-state index is 0.0875. The Hall–Kier alpha value is -2.74. The number of hydrogen-bond donors (Lipinski definition) is 2. The van der Waals surface area contributed by atoms with Crippen LogP contribution in [0, 0.1) is 5.92 Å². The van der Waals surface area contributed by atoms with E-state index in [1.165, 1.54) is 30.4 Å². The second kappa shape index (κ2) is 9.45. The van der Waals surface area contributed by atoms with Gasteiger partial charge in [0.2, 0.25) is 11.8 Å². The Labute approximate surface area is 164 Å². The number of aliphatic imine (C=N–C) groups is 1. The molecule has 0 unspecified atom stereocenters. The van der Waals surface area contributed by atoms with E-state index < -0.39 is 23.8 Å². The van der Waals surface area contributed by atoms with Gasteiger partial charge in [-0.05, 0) is 37.0 Å². The maximum Gasteiger partial charge on any atom is 0.331 e. The molecule has 2 aliphatic heterocycles. The van der Waals surface area contributed by atoms with Crippen LogP contribution in [-0.2, 0) is 16.1 Å². The van der Waals surface area contributed by atoms with E-state index in [0.29, 0.717) is 12.3 Å². The van der Waals surface area contributed by atoms with Gasteiger partial charge in [0, 0.05) is 6.21 Å². The summed E-state index contributed by atoms with van der Waals surface area (Å²) in [7, 11) is 1.57. The van der Waals surface area contributed by atoms with Gasteiger partial charge >= 0.3 is 6.03 Å². The molecule has 2 aliphatic rings. The number of nitrogens with one attached hydrogen (secondary N) is 2. The fourth-order valence-electron chi connectivity index (χ4n) is 3.53. The molecule has 8 nitrogen and oxygen atoms in total. The molecule has 2 N–H and O–H groups in total. The first-order valence-corrected chi connectivity index (χ1v) is 9.71. The minimum atomic E-state index is -1.06. The van der Waals surface area contributed by atoms with Gasteiger partial charge in [-0.25, -0.2) is 4.79 Å². The Morgan fingerprint density at radius 1 is 1.18 bits per heavy atom. The van der Waals surface area contributed by atoms with Crippen LogP contribution in [0.1, 0.15) is 24.8 Å². The van der Waals surface area contributed by atoms with Crippen LogP contribution in [-0.4, -0.2) is 62.2 Å². The van der Waals surface area contributed by atoms with Crippen molar-refractivity contribution in [1.82, 2.24) is 10.2 Å². The number of ether oxygens (including phenoxy) is 1. The van der Waals surface area contributed by atoms with Gasteiger partial charge < -0.3 is 9.64 Å². The van der Waals surface area contributed by atoms with Crippen molar-refractivity contribution in [3.8, 4) is 5.75 Å². The first-order chi connectivity index (χ1) is 13.6. The molecule has 0 aliphatic carbocycles. The zero-order valence-corrected chi connectivity index (χ0v) is 16.1. The summed E-state index contributed by atoms with van der Waals surface area (Å²) in [5, 5.41) is 2.25. The number of likely N-dealkylation sites (tertiary alicyclic amines) is 1. The van der Waals surface area contributed by atoms with Crippen molar-refractivity contribution in [1.29, 1.82) is 0 Å². The fraction of sp³-hybridized carbons (Fsp3) is 0.500. The highest BCUT2D eigenvalue weighted by Crippen LogP contribution is 2.16. The monoisotopic (exact) mass is 387 g/mol. The van der Waals surface area contributed by atoms with Gasteiger partial charge in [-0.2, -0.15) is 0 Å². The van der Waals surface area contributed by atoms with E-state index in [-0.39, 0.29) is 6.54 Å². The number of barbiturate groups is 1. The molecule has 0 saturated carbocycles. The Balaban J connectivity index is 1.59. The first-order valence-electron chi connectivity index (χ1n) is 9.71. The van der Waals surface area contributed by atoms with Gasteiger partial charge in [0.1, 0.15) is 5.75 Å². The molecule has 4 amide bonds. The number of amides is 4. The van der Waals surface area contributed by atoms with Crippen LogP contribution in [0.3, 0.4) is 0 Å². The van der Waals surface area contributed by atoms with E-state index in [1.807, 2.05) is 0 Å². The third-order valence-corrected chi connectivity index (χ3v) is 5.20. The number of carbonyl (C=O) groups excluding carboxylic acids is 3. The zero-order chi connectivity index (χ0) is 19.9. The second-order valence-electron chi connectivity index (χ2n) is 7.16. The van der Waals surface area contributed by atoms with E-state index in [1.54, 1.807) is 31.4 Å². The third-order valence-electron chi connectivity index (χ3n) is 5.20. The van der Waals surface area contributed by atoms with Gasteiger partial charge in [-0.1, -0.05) is 12.1 Å². The van der Waals surface area contributed by atoms with Crippen molar-refractivity contribution in [2.75, 3.05) is 33.3 Å². The number of methoxy groups -OCH3 is 1. The Morgan fingerprint density at radius 2 is 1.89 bits per heavy atom. The average Bonchev–Trinajstić information content (AvgIpc) is 2.71. The van der Waals surface area contributed by atoms with Crippen molar-refractivity contribution in [3.05, 3.63) is 29.8 Å². The van der Waals surface area contributed by atoms with Crippen molar-refractivity contribution in [3.63, 3.8) is 0 Å². The van der Waals surface area contributed by atoms with E-state index in [2.05, 4.69) is 10.3 Å². The Kier molecular flexibility index (Phi) is 6.76. The predicted molar refractivity (Wildman–Crippen MR) is 103 cm³/mol. The lowest BCUT2D eigenvalue weighted by Gasteiger charge is -2.28. The number of benzene rings is 1. The van der Waals surface area contributed by atoms with Crippen molar-refractivity contribution < 1.29 is 24.0 Å². The van der Waals surface area contributed by atoms with Crippen LogP contribution in [0.15, 0.2) is 29.3 Å². The molecule has 0 radical (unpaired) electrons. The molecule has 1 atom stereocenters. The number of urea groups is 1. The lowest BCUT2D eigenvalue weighted by molar-refractivity contribution is -0.903. The van der Waals surface area contributed by atoms with Crippen molar-refractivity contribution in [2.24, 2.45) is 10.9 Å². The highest BCUT2D eigenvalue weighted by atomic mass is 16.5. The fourth-order valence-corrected chi connectivity index (χ4v) is 3.53. The highest BCUT2D eigenvalue weighted by molar-refractivity contribution is 6.23. The molecule has 0 spiro atoms. The van der Waals surface area contributed by atoms with Gasteiger partial charge in [0.25, 0.3) is 0 Å². The van der Waals surface area contributed by atoms with Crippen LogP contribution >= 0.6 is 0 Å². The normalized spacial score (nSPS) is 21.2. The van der Waals surface area contributed by atoms with E-state index in [9.17, 15) is 14.4 Å². The van der Waals surface area contributed by atoms with Gasteiger partial charge in [0.05, 0.1) is 39.8 Å². The zero-order valence-electron chi connectivity index (χ0n) is 16.1. The number of piperidine rings is 1. The molecule has 2 heterocycles. The summed E-state index contributed by atoms with van der Waals surface area (Å²) in [5.74, 6) is -1.53. The standard InChI is InChI=1S/C20H26N4O4/c1-28-16-7-5-15(6-8-16)14-24-19(26)17(18(25)22-20(24)27)13-21-9-12-23-10-3-2-4-11-23/h5-8,13,17H,2-4,9-12,14H2,1H3,(H,22,25,27)/p+1/t17-/m1/s1. The molecule has 2 fully saturated rings. The van der Waals surface area contributed by atoms with Gasteiger partial charge in [-0.3, -0.25) is 24.8 Å². The predicted octanol–water partition coefficient (Wildman–Crippen LogP) is 0.0294. The smallest absolute Gasteiger partial charge is 0.331 e. The molecule has 0 aromatic heterocycles. The second-order valence-corrected chi connectivity index (χ2v) is 7.16. The summed E-state index contributed by atoms with van der Waals surface area (Å²) in [6.07, 6.45) is 5.16. The minimum Gasteiger partial charge on any atom is -0.497 e. The number of hydrogen-bond acceptors (Lipinski definition) is 5. The maximum atomic E-state index is 12.7. The first kappa shape index (κ1) is 20.0. The van der Waals surface area contributed by atoms with Crippen molar-refractivity contribution in [2.45, 2.75) is 25.8 Å². The largest absolute Gasteiger partial charge is 0.497 e. The summed E-state index contributed by atoms with van der Waals surface area (Å²) in [6.45, 7) is 3.86. The lowest BCUT2D eigenvalue weighted by Crippen LogP contribution is -3.13. The van der Waals surface area contributed by atoms with Gasteiger partial charge in [-0.15, -0.1) is 0 Å². The Morgan fingerprint density at radius 3 is 2.57 bits per heavy atom. The van der Waals surface area contributed by atoms with Gasteiger partial charge in [0.15, 0.2) is 5.92 Å². The number of imide groups is 2. The summed E-state index contributed by atoms with van der Waals surface area (Å²) in [4.78, 5) is 43.8. The average molecular weight is 387 g/mol. The lowest BCUT2D eigenvalue weighted by atomic mass is 10.1. The van der Waals surface area contributed by atoms with E-state index >= 15 is 0 Å². The number of quaternary nitrogens is 1. The molecule has 150 valence electrons. The molecule has 1 aromatic rings. The molecule has 2 saturated heterocycles. The van der Waals surface area contributed by atoms with Crippen LogP contribution in [0.4, 0.5) is 4.79 Å². The molecule has 8 heteroatoms. The summed E-state index contributed by atoms with van der Waals surface area (Å²) >= 11 is 0. The Bertz CT molecular complexity index is 741. The topological polar surface area (TPSA) is 92.5 Å². The van der Waals surface area contributed by atoms with Crippen LogP contribution in [0.5, 0.6) is 5.75 Å². The van der Waals surface area contributed by atoms with E-state index in [4.69, 9.17) is 4.74 Å². The highest BCUT2D eigenvalue weighted by Gasteiger charge is 2.39. The molecule has 1 aromatic carbocycles. The number of rotatable bonds is 7. The SMILES string of the molecule is COc1ccc(CN2C(=O)NC(=O)[C@@H](C=NCC[NH+]3CCCCC3)C2=O)cc1. The third kappa shape index (κ3) is 4.95. The van der Waals surface area contributed by atoms with Crippen LogP contribution in [0.25, 0.3) is 0 Å². The molecular formula is C20H27N4O4+. The summed E-state index contributed by atoms with van der Waals surface area (Å²) < 4.78 is 5.11. The quantitative estimate of drug-likeness (QED) is 0.510. The molecule has 28 heavy (non-hydrogen) atoms. The number of nitrogens with zero attached hydrogens (tertiary/aromatic N) is 2.